The van der Waals surface area contributed by atoms with E-state index >= 15 is 0 Å². The predicted molar refractivity (Wildman–Crippen MR) is 103 cm³/mol. The zero-order chi connectivity index (χ0) is 17.1. The number of aliphatic imine (C=N–C) groups is 1. The molecular formula is C21H16N2OS. The number of amides is 1. The summed E-state index contributed by atoms with van der Waals surface area (Å²) in [7, 11) is 0. The molecule has 1 N–H and O–H groups in total. The Labute approximate surface area is 150 Å². The molecule has 3 nitrogen and oxygen atoms in total. The van der Waals surface area contributed by atoms with E-state index in [0.717, 1.165) is 28.8 Å². The molecule has 2 aliphatic rings. The van der Waals surface area contributed by atoms with Crippen molar-refractivity contribution in [2.24, 2.45) is 4.99 Å². The van der Waals surface area contributed by atoms with Gasteiger partial charge in [0.25, 0.3) is 5.91 Å². The number of allylic oxidation sites excluding steroid dienone is 2. The van der Waals surface area contributed by atoms with Gasteiger partial charge in [0.2, 0.25) is 0 Å². The third-order valence-electron chi connectivity index (χ3n) is 4.14. The highest BCUT2D eigenvalue weighted by atomic mass is 32.2. The van der Waals surface area contributed by atoms with Gasteiger partial charge in [-0.05, 0) is 65.6 Å². The second-order valence-electron chi connectivity index (χ2n) is 5.86. The first-order chi connectivity index (χ1) is 12.3. The quantitative estimate of drug-likeness (QED) is 0.823. The Morgan fingerprint density at radius 1 is 1.24 bits per heavy atom. The molecule has 4 heteroatoms. The van der Waals surface area contributed by atoms with Gasteiger partial charge in [-0.15, -0.1) is 5.73 Å². The minimum absolute atomic E-state index is 0.0671. The van der Waals surface area contributed by atoms with Crippen molar-refractivity contribution in [1.29, 1.82) is 0 Å². The highest BCUT2D eigenvalue weighted by Crippen LogP contribution is 2.28. The van der Waals surface area contributed by atoms with Gasteiger partial charge >= 0.3 is 0 Å². The van der Waals surface area contributed by atoms with Crippen LogP contribution in [0.25, 0.3) is 6.08 Å². The van der Waals surface area contributed by atoms with Crippen LogP contribution < -0.4 is 5.32 Å². The number of hydrogen-bond acceptors (Lipinski definition) is 3. The van der Waals surface area contributed by atoms with Crippen LogP contribution in [0, 0.1) is 0 Å². The van der Waals surface area contributed by atoms with Gasteiger partial charge in [0.05, 0.1) is 5.69 Å². The van der Waals surface area contributed by atoms with E-state index in [4.69, 9.17) is 0 Å². The molecule has 0 aromatic heterocycles. The van der Waals surface area contributed by atoms with Gasteiger partial charge in [0.15, 0.2) is 0 Å². The number of carbonyl (C=O) groups is 1. The monoisotopic (exact) mass is 344 g/mol. The predicted octanol–water partition coefficient (Wildman–Crippen LogP) is 4.66. The Kier molecular flexibility index (Phi) is 4.38. The van der Waals surface area contributed by atoms with E-state index in [2.05, 4.69) is 34.2 Å². The second kappa shape index (κ2) is 6.98. The molecule has 122 valence electrons. The van der Waals surface area contributed by atoms with Gasteiger partial charge in [-0.3, -0.25) is 9.79 Å². The van der Waals surface area contributed by atoms with Gasteiger partial charge in [-0.25, -0.2) is 0 Å². The van der Waals surface area contributed by atoms with Crippen molar-refractivity contribution < 1.29 is 4.79 Å². The molecule has 25 heavy (non-hydrogen) atoms. The largest absolute Gasteiger partial charge is 0.348 e. The summed E-state index contributed by atoms with van der Waals surface area (Å²) in [5.41, 5.74) is 7.99. The molecule has 0 saturated heterocycles. The van der Waals surface area contributed by atoms with Crippen molar-refractivity contribution in [2.45, 2.75) is 17.9 Å². The molecule has 0 radical (unpaired) electrons. The van der Waals surface area contributed by atoms with E-state index in [1.165, 1.54) is 4.90 Å². The minimum Gasteiger partial charge on any atom is -0.348 e. The molecule has 2 aromatic carbocycles. The fourth-order valence-electron chi connectivity index (χ4n) is 2.83. The maximum Gasteiger partial charge on any atom is 0.251 e. The van der Waals surface area contributed by atoms with Crippen LogP contribution in [0.4, 0.5) is 5.69 Å². The number of hydrogen-bond donors (Lipinski definition) is 1. The van der Waals surface area contributed by atoms with Crippen LogP contribution in [0.1, 0.15) is 27.0 Å². The molecule has 0 spiro atoms. The molecule has 2 aliphatic heterocycles. The van der Waals surface area contributed by atoms with E-state index in [0.29, 0.717) is 12.1 Å². The summed E-state index contributed by atoms with van der Waals surface area (Å²) in [6.07, 6.45) is 8.52. The van der Waals surface area contributed by atoms with Crippen molar-refractivity contribution in [2.75, 3.05) is 0 Å². The zero-order valence-electron chi connectivity index (χ0n) is 13.5. The summed E-state index contributed by atoms with van der Waals surface area (Å²) in [4.78, 5) is 18.1. The SMILES string of the molecule is O=C(NCc1ccc2c(c1)C=C=CS2)c1ccc2c(c1)CC=CC=N2. The molecule has 0 unspecified atom stereocenters. The molecule has 2 aromatic rings. The van der Waals surface area contributed by atoms with Crippen molar-refractivity contribution >= 4 is 35.6 Å². The number of thioether (sulfide) groups is 1. The summed E-state index contributed by atoms with van der Waals surface area (Å²) in [6, 6.07) is 11.9. The number of benzene rings is 2. The summed E-state index contributed by atoms with van der Waals surface area (Å²) < 4.78 is 0. The molecule has 0 saturated carbocycles. The second-order valence-corrected chi connectivity index (χ2v) is 6.77. The number of rotatable bonds is 3. The Morgan fingerprint density at radius 3 is 3.16 bits per heavy atom. The number of nitrogens with zero attached hydrogens (tertiary/aromatic N) is 1. The van der Waals surface area contributed by atoms with Gasteiger partial charge in [-0.2, -0.15) is 0 Å². The fourth-order valence-corrected chi connectivity index (χ4v) is 3.49. The third-order valence-corrected chi connectivity index (χ3v) is 5.01. The fraction of sp³-hybridized carbons (Fsp3) is 0.0952. The normalized spacial score (nSPS) is 13.9. The standard InChI is InChI=1S/C21H16N2OS/c24-21(18-7-8-19-16(13-18)4-1-2-10-22-19)23-14-15-6-9-20-17(12-15)5-3-11-25-20/h1-2,5-13H,4,14H2,(H,23,24). The maximum atomic E-state index is 12.5. The zero-order valence-corrected chi connectivity index (χ0v) is 14.3. The van der Waals surface area contributed by atoms with Gasteiger partial charge < -0.3 is 5.32 Å². The van der Waals surface area contributed by atoms with Gasteiger partial charge in [0, 0.05) is 28.6 Å². The topological polar surface area (TPSA) is 41.5 Å². The molecule has 0 bridgehead atoms. The lowest BCUT2D eigenvalue weighted by Crippen LogP contribution is -2.23. The highest BCUT2D eigenvalue weighted by molar-refractivity contribution is 8.02. The average Bonchev–Trinajstić information content (AvgIpc) is 2.90. The van der Waals surface area contributed by atoms with E-state index in [-0.39, 0.29) is 5.91 Å². The van der Waals surface area contributed by atoms with Crippen LogP contribution in [0.2, 0.25) is 0 Å². The van der Waals surface area contributed by atoms with Gasteiger partial charge in [0.1, 0.15) is 0 Å². The molecular weight excluding hydrogens is 328 g/mol. The first-order valence-corrected chi connectivity index (χ1v) is 8.98. The van der Waals surface area contributed by atoms with Crippen molar-refractivity contribution in [3.8, 4) is 0 Å². The molecule has 0 fully saturated rings. The Bertz CT molecular complexity index is 966. The lowest BCUT2D eigenvalue weighted by atomic mass is 10.1. The lowest BCUT2D eigenvalue weighted by molar-refractivity contribution is 0.0951. The third kappa shape index (κ3) is 3.50. The number of carbonyl (C=O) groups excluding carboxylic acids is 1. The van der Waals surface area contributed by atoms with E-state index in [1.807, 2.05) is 41.8 Å². The number of nitrogens with one attached hydrogen (secondary N) is 1. The summed E-state index contributed by atoms with van der Waals surface area (Å²) in [6.45, 7) is 0.503. The van der Waals surface area contributed by atoms with E-state index < -0.39 is 0 Å². The van der Waals surface area contributed by atoms with Gasteiger partial charge in [-0.1, -0.05) is 23.9 Å². The van der Waals surface area contributed by atoms with E-state index in [1.54, 1.807) is 18.0 Å². The van der Waals surface area contributed by atoms with Crippen LogP contribution >= 0.6 is 11.8 Å². The molecule has 0 aliphatic carbocycles. The molecule has 2 heterocycles. The van der Waals surface area contributed by atoms with Crippen molar-refractivity contribution in [3.63, 3.8) is 0 Å². The van der Waals surface area contributed by atoms with Crippen LogP contribution in [0.15, 0.2) is 69.6 Å². The summed E-state index contributed by atoms with van der Waals surface area (Å²) in [5.74, 6) is -0.0671. The van der Waals surface area contributed by atoms with Crippen molar-refractivity contribution in [3.05, 3.63) is 81.9 Å². The first kappa shape index (κ1) is 15.7. The Morgan fingerprint density at radius 2 is 2.20 bits per heavy atom. The smallest absolute Gasteiger partial charge is 0.251 e. The molecule has 1 amide bonds. The molecule has 4 rings (SSSR count). The minimum atomic E-state index is -0.0671. The van der Waals surface area contributed by atoms with Crippen LogP contribution in [-0.4, -0.2) is 12.1 Å². The number of fused-ring (bicyclic) bond motifs is 2. The van der Waals surface area contributed by atoms with E-state index in [9.17, 15) is 4.79 Å². The Hall–Kier alpha value is -2.81. The maximum absolute atomic E-state index is 12.5. The van der Waals surface area contributed by atoms with Crippen LogP contribution in [0.5, 0.6) is 0 Å². The van der Waals surface area contributed by atoms with Crippen LogP contribution in [-0.2, 0) is 13.0 Å². The van der Waals surface area contributed by atoms with Crippen LogP contribution in [0.3, 0.4) is 0 Å². The highest BCUT2D eigenvalue weighted by Gasteiger charge is 2.10. The first-order valence-electron chi connectivity index (χ1n) is 8.10. The summed E-state index contributed by atoms with van der Waals surface area (Å²) in [5, 5.41) is 4.95. The lowest BCUT2D eigenvalue weighted by Gasteiger charge is -2.10. The summed E-state index contributed by atoms with van der Waals surface area (Å²) >= 11 is 1.66. The average molecular weight is 344 g/mol. The Balaban J connectivity index is 1.47. The molecule has 0 atom stereocenters. The van der Waals surface area contributed by atoms with Crippen molar-refractivity contribution in [1.82, 2.24) is 5.32 Å².